The van der Waals surface area contributed by atoms with Crippen LogP contribution in [0, 0.1) is 0 Å². The standard InChI is InChI=1S/C9H15F3N2/c1-7(4-13)5-14(8-2-3-8)6-9(10,11)12/h8H,1-6,13H2. The van der Waals surface area contributed by atoms with Crippen LogP contribution < -0.4 is 5.73 Å². The molecule has 0 aromatic heterocycles. The number of nitrogens with two attached hydrogens (primary N) is 1. The van der Waals surface area contributed by atoms with Crippen LogP contribution in [0.3, 0.4) is 0 Å². The summed E-state index contributed by atoms with van der Waals surface area (Å²) in [5.74, 6) is 0. The molecule has 0 amide bonds. The van der Waals surface area contributed by atoms with E-state index in [-0.39, 0.29) is 19.1 Å². The van der Waals surface area contributed by atoms with E-state index < -0.39 is 12.7 Å². The first-order valence-corrected chi connectivity index (χ1v) is 4.60. The van der Waals surface area contributed by atoms with Gasteiger partial charge in [0.2, 0.25) is 0 Å². The molecule has 0 spiro atoms. The van der Waals surface area contributed by atoms with Crippen molar-refractivity contribution in [3.63, 3.8) is 0 Å². The van der Waals surface area contributed by atoms with Crippen LogP contribution in [-0.2, 0) is 0 Å². The average Bonchev–Trinajstić information content (AvgIpc) is 2.82. The number of rotatable bonds is 5. The van der Waals surface area contributed by atoms with Gasteiger partial charge in [-0.3, -0.25) is 4.90 Å². The molecule has 2 nitrogen and oxygen atoms in total. The molecular weight excluding hydrogens is 193 g/mol. The Balaban J connectivity index is 2.43. The summed E-state index contributed by atoms with van der Waals surface area (Å²) in [6.45, 7) is 3.28. The van der Waals surface area contributed by atoms with Crippen molar-refractivity contribution in [2.45, 2.75) is 25.1 Å². The average molecular weight is 208 g/mol. The number of hydrogen-bond donors (Lipinski definition) is 1. The van der Waals surface area contributed by atoms with Crippen LogP contribution in [-0.4, -0.2) is 36.8 Å². The maximum Gasteiger partial charge on any atom is 0.401 e. The molecule has 1 rings (SSSR count). The summed E-state index contributed by atoms with van der Waals surface area (Å²) in [7, 11) is 0. The molecule has 0 aliphatic heterocycles. The van der Waals surface area contributed by atoms with Gasteiger partial charge in [0, 0.05) is 19.1 Å². The first-order valence-electron chi connectivity index (χ1n) is 4.60. The minimum absolute atomic E-state index is 0.0833. The van der Waals surface area contributed by atoms with E-state index in [0.29, 0.717) is 5.57 Å². The largest absolute Gasteiger partial charge is 0.401 e. The molecule has 0 aromatic carbocycles. The Morgan fingerprint density at radius 2 is 2.00 bits per heavy atom. The first-order chi connectivity index (χ1) is 6.42. The molecule has 1 aliphatic rings. The van der Waals surface area contributed by atoms with Crippen molar-refractivity contribution in [2.24, 2.45) is 5.73 Å². The highest BCUT2D eigenvalue weighted by Gasteiger charge is 2.37. The van der Waals surface area contributed by atoms with Crippen molar-refractivity contribution in [2.75, 3.05) is 19.6 Å². The fourth-order valence-electron chi connectivity index (χ4n) is 1.34. The molecule has 14 heavy (non-hydrogen) atoms. The summed E-state index contributed by atoms with van der Waals surface area (Å²) in [6.07, 6.45) is -2.42. The van der Waals surface area contributed by atoms with Gasteiger partial charge in [0.15, 0.2) is 0 Å². The summed E-state index contributed by atoms with van der Waals surface area (Å²) in [4.78, 5) is 1.41. The normalized spacial score (nSPS) is 17.5. The quantitative estimate of drug-likeness (QED) is 0.694. The van der Waals surface area contributed by atoms with E-state index in [1.54, 1.807) is 0 Å². The summed E-state index contributed by atoms with van der Waals surface area (Å²) < 4.78 is 36.4. The topological polar surface area (TPSA) is 29.3 Å². The molecule has 1 fully saturated rings. The van der Waals surface area contributed by atoms with Crippen LogP contribution in [0.25, 0.3) is 0 Å². The minimum Gasteiger partial charge on any atom is -0.327 e. The zero-order valence-corrected chi connectivity index (χ0v) is 7.98. The maximum absolute atomic E-state index is 12.1. The van der Waals surface area contributed by atoms with Crippen molar-refractivity contribution < 1.29 is 13.2 Å². The van der Waals surface area contributed by atoms with E-state index >= 15 is 0 Å². The fourth-order valence-corrected chi connectivity index (χ4v) is 1.34. The predicted molar refractivity (Wildman–Crippen MR) is 48.8 cm³/mol. The number of hydrogen-bond acceptors (Lipinski definition) is 2. The van der Waals surface area contributed by atoms with Gasteiger partial charge in [-0.05, 0) is 18.4 Å². The Morgan fingerprint density at radius 3 is 2.36 bits per heavy atom. The monoisotopic (exact) mass is 208 g/mol. The van der Waals surface area contributed by atoms with E-state index in [0.717, 1.165) is 12.8 Å². The second-order valence-electron chi connectivity index (χ2n) is 3.71. The molecule has 0 bridgehead atoms. The molecule has 0 aromatic rings. The molecule has 0 saturated heterocycles. The minimum atomic E-state index is -4.13. The zero-order chi connectivity index (χ0) is 10.8. The predicted octanol–water partition coefficient (Wildman–Crippen LogP) is 1.53. The number of nitrogens with zero attached hydrogens (tertiary/aromatic N) is 1. The second-order valence-corrected chi connectivity index (χ2v) is 3.71. The van der Waals surface area contributed by atoms with Crippen LogP contribution in [0.4, 0.5) is 13.2 Å². The Morgan fingerprint density at radius 1 is 1.43 bits per heavy atom. The van der Waals surface area contributed by atoms with Gasteiger partial charge in [-0.1, -0.05) is 6.58 Å². The third-order valence-electron chi connectivity index (χ3n) is 2.16. The SMILES string of the molecule is C=C(CN)CN(CC(F)(F)F)C1CC1. The molecule has 0 atom stereocenters. The number of alkyl halides is 3. The Labute approximate surface area is 81.6 Å². The lowest BCUT2D eigenvalue weighted by molar-refractivity contribution is -0.146. The molecule has 1 aliphatic carbocycles. The lowest BCUT2D eigenvalue weighted by Gasteiger charge is -2.23. The highest BCUT2D eigenvalue weighted by atomic mass is 19.4. The number of halogens is 3. The van der Waals surface area contributed by atoms with E-state index in [9.17, 15) is 13.2 Å². The van der Waals surface area contributed by atoms with Gasteiger partial charge in [0.05, 0.1) is 6.54 Å². The maximum atomic E-state index is 12.1. The van der Waals surface area contributed by atoms with Crippen LogP contribution >= 0.6 is 0 Å². The molecule has 82 valence electrons. The smallest absolute Gasteiger partial charge is 0.327 e. The Bertz CT molecular complexity index is 209. The Kier molecular flexibility index (Phi) is 3.55. The molecular formula is C9H15F3N2. The van der Waals surface area contributed by atoms with Crippen molar-refractivity contribution in [3.05, 3.63) is 12.2 Å². The van der Waals surface area contributed by atoms with Crippen molar-refractivity contribution in [1.29, 1.82) is 0 Å². The van der Waals surface area contributed by atoms with Crippen LogP contribution in [0.5, 0.6) is 0 Å². The van der Waals surface area contributed by atoms with Crippen molar-refractivity contribution >= 4 is 0 Å². The van der Waals surface area contributed by atoms with E-state index in [1.165, 1.54) is 4.90 Å². The van der Waals surface area contributed by atoms with E-state index in [2.05, 4.69) is 6.58 Å². The summed E-state index contributed by atoms with van der Waals surface area (Å²) >= 11 is 0. The third kappa shape index (κ3) is 4.11. The lowest BCUT2D eigenvalue weighted by Crippen LogP contribution is -2.37. The second kappa shape index (κ2) is 4.31. The van der Waals surface area contributed by atoms with E-state index in [4.69, 9.17) is 5.73 Å². The fraction of sp³-hybridized carbons (Fsp3) is 0.778. The molecule has 2 N–H and O–H groups in total. The summed E-state index contributed by atoms with van der Waals surface area (Å²) in [5.41, 5.74) is 5.95. The van der Waals surface area contributed by atoms with Gasteiger partial charge in [-0.2, -0.15) is 13.2 Å². The highest BCUT2D eigenvalue weighted by Crippen LogP contribution is 2.30. The van der Waals surface area contributed by atoms with Gasteiger partial charge < -0.3 is 5.73 Å². The van der Waals surface area contributed by atoms with Gasteiger partial charge in [-0.15, -0.1) is 0 Å². The van der Waals surface area contributed by atoms with E-state index in [1.807, 2.05) is 0 Å². The molecule has 1 saturated carbocycles. The Hall–Kier alpha value is -0.550. The molecule has 0 unspecified atom stereocenters. The van der Waals surface area contributed by atoms with Gasteiger partial charge in [0.25, 0.3) is 0 Å². The van der Waals surface area contributed by atoms with Gasteiger partial charge in [0.1, 0.15) is 0 Å². The lowest BCUT2D eigenvalue weighted by atomic mass is 10.2. The van der Waals surface area contributed by atoms with Gasteiger partial charge in [-0.25, -0.2) is 0 Å². The first kappa shape index (κ1) is 11.5. The zero-order valence-electron chi connectivity index (χ0n) is 7.98. The van der Waals surface area contributed by atoms with Crippen LogP contribution in [0.1, 0.15) is 12.8 Å². The molecule has 0 radical (unpaired) electrons. The third-order valence-corrected chi connectivity index (χ3v) is 2.16. The van der Waals surface area contributed by atoms with Crippen LogP contribution in [0.15, 0.2) is 12.2 Å². The summed E-state index contributed by atoms with van der Waals surface area (Å²) in [6, 6.07) is 0.0833. The highest BCUT2D eigenvalue weighted by molar-refractivity contribution is 5.01. The van der Waals surface area contributed by atoms with Crippen LogP contribution in [0.2, 0.25) is 0 Å². The van der Waals surface area contributed by atoms with Crippen molar-refractivity contribution in [1.82, 2.24) is 4.90 Å². The molecule has 0 heterocycles. The van der Waals surface area contributed by atoms with Crippen molar-refractivity contribution in [3.8, 4) is 0 Å². The summed E-state index contributed by atoms with van der Waals surface area (Å²) in [5, 5.41) is 0. The molecule has 5 heteroatoms. The van der Waals surface area contributed by atoms with Gasteiger partial charge >= 0.3 is 6.18 Å².